The predicted molar refractivity (Wildman–Crippen MR) is 87.0 cm³/mol. The third-order valence-electron chi connectivity index (χ3n) is 3.64. The first kappa shape index (κ1) is 15.9. The smallest absolute Gasteiger partial charge is 0.310 e. The summed E-state index contributed by atoms with van der Waals surface area (Å²) in [5, 5.41) is 12.7. The van der Waals surface area contributed by atoms with Gasteiger partial charge in [0.15, 0.2) is 5.82 Å². The maximum atomic E-state index is 12.8. The fourth-order valence-corrected chi connectivity index (χ4v) is 2.54. The van der Waals surface area contributed by atoms with E-state index in [1.807, 2.05) is 13.0 Å². The molecule has 24 heavy (non-hydrogen) atoms. The molecule has 8 nitrogen and oxygen atoms in total. The van der Waals surface area contributed by atoms with Gasteiger partial charge in [-0.15, -0.1) is 5.10 Å². The summed E-state index contributed by atoms with van der Waals surface area (Å²) in [6, 6.07) is 5.40. The molecule has 0 aliphatic carbocycles. The normalized spacial score (nSPS) is 11.0. The van der Waals surface area contributed by atoms with Crippen LogP contribution in [0.15, 0.2) is 29.2 Å². The summed E-state index contributed by atoms with van der Waals surface area (Å²) < 4.78 is 7.63. The SMILES string of the molecule is CCOC(=O)Cc1cnn(C)c1-n1nnc2ccc(C)cc2c1=O. The van der Waals surface area contributed by atoms with Crippen LogP contribution in [0.3, 0.4) is 0 Å². The second-order valence-corrected chi connectivity index (χ2v) is 5.43. The van der Waals surface area contributed by atoms with E-state index in [9.17, 15) is 9.59 Å². The number of aromatic nitrogens is 5. The summed E-state index contributed by atoms with van der Waals surface area (Å²) in [6.45, 7) is 3.94. The van der Waals surface area contributed by atoms with E-state index >= 15 is 0 Å². The van der Waals surface area contributed by atoms with Crippen molar-refractivity contribution in [1.29, 1.82) is 0 Å². The Hall–Kier alpha value is -3.03. The van der Waals surface area contributed by atoms with E-state index < -0.39 is 0 Å². The zero-order valence-corrected chi connectivity index (χ0v) is 13.7. The van der Waals surface area contributed by atoms with Gasteiger partial charge in [0.05, 0.1) is 24.6 Å². The van der Waals surface area contributed by atoms with Gasteiger partial charge in [-0.05, 0) is 26.0 Å². The van der Waals surface area contributed by atoms with E-state index in [1.165, 1.54) is 15.6 Å². The molecule has 3 aromatic rings. The van der Waals surface area contributed by atoms with Crippen molar-refractivity contribution < 1.29 is 9.53 Å². The fourth-order valence-electron chi connectivity index (χ4n) is 2.54. The molecule has 0 fully saturated rings. The summed E-state index contributed by atoms with van der Waals surface area (Å²) >= 11 is 0. The number of carbonyl (C=O) groups is 1. The number of benzene rings is 1. The van der Waals surface area contributed by atoms with Gasteiger partial charge >= 0.3 is 5.97 Å². The Morgan fingerprint density at radius 3 is 2.88 bits per heavy atom. The molecular formula is C16H17N5O3. The third-order valence-corrected chi connectivity index (χ3v) is 3.64. The Bertz CT molecular complexity index is 973. The lowest BCUT2D eigenvalue weighted by Gasteiger charge is -2.08. The van der Waals surface area contributed by atoms with Gasteiger partial charge in [0.25, 0.3) is 5.56 Å². The molecule has 0 radical (unpaired) electrons. The van der Waals surface area contributed by atoms with Gasteiger partial charge in [0.2, 0.25) is 0 Å². The molecule has 0 amide bonds. The van der Waals surface area contributed by atoms with Crippen molar-refractivity contribution in [1.82, 2.24) is 24.8 Å². The molecule has 0 aliphatic rings. The molecule has 124 valence electrons. The van der Waals surface area contributed by atoms with Gasteiger partial charge in [-0.1, -0.05) is 16.8 Å². The Kier molecular flexibility index (Phi) is 4.11. The molecule has 0 N–H and O–H groups in total. The van der Waals surface area contributed by atoms with Crippen LogP contribution in [0.5, 0.6) is 0 Å². The molecule has 0 aliphatic heterocycles. The van der Waals surface area contributed by atoms with Gasteiger partial charge in [-0.3, -0.25) is 14.3 Å². The van der Waals surface area contributed by atoms with E-state index in [0.717, 1.165) is 5.56 Å². The van der Waals surface area contributed by atoms with Crippen LogP contribution in [0.4, 0.5) is 0 Å². The van der Waals surface area contributed by atoms with Crippen LogP contribution in [0, 0.1) is 6.92 Å². The number of esters is 1. The zero-order valence-electron chi connectivity index (χ0n) is 13.7. The highest BCUT2D eigenvalue weighted by Crippen LogP contribution is 2.14. The minimum Gasteiger partial charge on any atom is -0.466 e. The number of fused-ring (bicyclic) bond motifs is 1. The van der Waals surface area contributed by atoms with Crippen molar-refractivity contribution in [2.24, 2.45) is 7.05 Å². The van der Waals surface area contributed by atoms with E-state index in [4.69, 9.17) is 4.74 Å². The summed E-state index contributed by atoms with van der Waals surface area (Å²) in [7, 11) is 1.68. The van der Waals surface area contributed by atoms with Gasteiger partial charge < -0.3 is 4.74 Å². The number of aryl methyl sites for hydroxylation is 2. The summed E-state index contributed by atoms with van der Waals surface area (Å²) in [4.78, 5) is 24.6. The van der Waals surface area contributed by atoms with Crippen LogP contribution >= 0.6 is 0 Å². The molecule has 0 atom stereocenters. The van der Waals surface area contributed by atoms with Gasteiger partial charge in [-0.25, -0.2) is 0 Å². The van der Waals surface area contributed by atoms with Crippen LogP contribution in [0.1, 0.15) is 18.1 Å². The molecule has 0 saturated heterocycles. The third kappa shape index (κ3) is 2.78. The summed E-state index contributed by atoms with van der Waals surface area (Å²) in [5.74, 6) is 0.0216. The lowest BCUT2D eigenvalue weighted by atomic mass is 10.2. The fraction of sp³-hybridized carbons (Fsp3) is 0.312. The molecule has 0 bridgehead atoms. The molecule has 2 aromatic heterocycles. The van der Waals surface area contributed by atoms with E-state index in [2.05, 4.69) is 15.4 Å². The van der Waals surface area contributed by atoms with Crippen molar-refractivity contribution in [2.75, 3.05) is 6.61 Å². The summed E-state index contributed by atoms with van der Waals surface area (Å²) in [6.07, 6.45) is 1.54. The standard InChI is InChI=1S/C16H17N5O3/c1-4-24-14(22)8-11-9-17-20(3)15(11)21-16(23)12-7-10(2)5-6-13(12)18-19-21/h5-7,9H,4,8H2,1-3H3. The summed E-state index contributed by atoms with van der Waals surface area (Å²) in [5.41, 5.74) is 1.73. The average molecular weight is 327 g/mol. The van der Waals surface area contributed by atoms with Gasteiger partial charge in [-0.2, -0.15) is 9.78 Å². The van der Waals surface area contributed by atoms with Crippen molar-refractivity contribution in [3.8, 4) is 5.82 Å². The van der Waals surface area contributed by atoms with Crippen LogP contribution in [0.2, 0.25) is 0 Å². The highest BCUT2D eigenvalue weighted by Gasteiger charge is 2.18. The first-order chi connectivity index (χ1) is 11.5. The lowest BCUT2D eigenvalue weighted by Crippen LogP contribution is -2.26. The quantitative estimate of drug-likeness (QED) is 0.662. The maximum absolute atomic E-state index is 12.8. The number of carbonyl (C=O) groups excluding carboxylic acids is 1. The Morgan fingerprint density at radius 2 is 2.12 bits per heavy atom. The van der Waals surface area contributed by atoms with Crippen LogP contribution in [-0.2, 0) is 23.0 Å². The van der Waals surface area contributed by atoms with E-state index in [0.29, 0.717) is 28.9 Å². The largest absolute Gasteiger partial charge is 0.466 e. The number of hydrogen-bond donors (Lipinski definition) is 0. The predicted octanol–water partition coefficient (Wildman–Crippen LogP) is 0.928. The van der Waals surface area contributed by atoms with Crippen LogP contribution in [-0.4, -0.2) is 37.4 Å². The zero-order chi connectivity index (χ0) is 17.3. The lowest BCUT2D eigenvalue weighted by molar-refractivity contribution is -0.142. The average Bonchev–Trinajstić information content (AvgIpc) is 2.89. The topological polar surface area (TPSA) is 91.9 Å². The minimum atomic E-state index is -0.385. The number of ether oxygens (including phenoxy) is 1. The maximum Gasteiger partial charge on any atom is 0.310 e. The van der Waals surface area contributed by atoms with Crippen molar-refractivity contribution in [3.05, 3.63) is 45.9 Å². The van der Waals surface area contributed by atoms with Crippen LogP contribution in [0.25, 0.3) is 16.7 Å². The number of nitrogens with zero attached hydrogens (tertiary/aromatic N) is 5. The molecule has 3 rings (SSSR count). The first-order valence-electron chi connectivity index (χ1n) is 7.54. The molecular weight excluding hydrogens is 310 g/mol. The molecule has 8 heteroatoms. The Labute approximate surface area is 137 Å². The second-order valence-electron chi connectivity index (χ2n) is 5.43. The molecule has 0 saturated carbocycles. The minimum absolute atomic E-state index is 0.0109. The van der Waals surface area contributed by atoms with Crippen LogP contribution < -0.4 is 5.56 Å². The second kappa shape index (κ2) is 6.23. The van der Waals surface area contributed by atoms with Crippen molar-refractivity contribution in [3.63, 3.8) is 0 Å². The molecule has 2 heterocycles. The van der Waals surface area contributed by atoms with Gasteiger partial charge in [0.1, 0.15) is 5.52 Å². The van der Waals surface area contributed by atoms with Gasteiger partial charge in [0, 0.05) is 12.6 Å². The Morgan fingerprint density at radius 1 is 1.33 bits per heavy atom. The highest BCUT2D eigenvalue weighted by atomic mass is 16.5. The first-order valence-corrected chi connectivity index (χ1v) is 7.54. The van der Waals surface area contributed by atoms with Crippen molar-refractivity contribution >= 4 is 16.9 Å². The van der Waals surface area contributed by atoms with Crippen molar-refractivity contribution in [2.45, 2.75) is 20.3 Å². The Balaban J connectivity index is 2.14. The van der Waals surface area contributed by atoms with E-state index in [-0.39, 0.29) is 17.9 Å². The van der Waals surface area contributed by atoms with E-state index in [1.54, 1.807) is 26.1 Å². The molecule has 1 aromatic carbocycles. The number of rotatable bonds is 4. The monoisotopic (exact) mass is 327 g/mol. The molecule has 0 unspecified atom stereocenters. The highest BCUT2D eigenvalue weighted by molar-refractivity contribution is 5.78. The molecule has 0 spiro atoms. The number of hydrogen-bond acceptors (Lipinski definition) is 6.